The number of hydrazone groups is 1. The molecule has 3 rings (SSSR count). The first-order valence-electron chi connectivity index (χ1n) is 9.20. The molecule has 0 saturated heterocycles. The maximum atomic E-state index is 12.2. The van der Waals surface area contributed by atoms with Crippen LogP contribution in [-0.2, 0) is 4.79 Å². The largest absolute Gasteiger partial charge is 0.482 e. The van der Waals surface area contributed by atoms with Gasteiger partial charge in [-0.1, -0.05) is 47.0 Å². The Balaban J connectivity index is 1.48. The number of nitrogens with zero attached hydrogens (tertiary/aromatic N) is 1. The summed E-state index contributed by atoms with van der Waals surface area (Å²) in [6.45, 7) is 1.63. The van der Waals surface area contributed by atoms with Crippen molar-refractivity contribution in [3.8, 4) is 11.5 Å². The molecule has 3 aromatic rings. The molecule has 158 valence electrons. The summed E-state index contributed by atoms with van der Waals surface area (Å²) in [7, 11) is 0. The maximum absolute atomic E-state index is 12.2. The summed E-state index contributed by atoms with van der Waals surface area (Å²) in [5, 5.41) is 4.45. The summed E-state index contributed by atoms with van der Waals surface area (Å²) in [5.41, 5.74) is 4.51. The van der Waals surface area contributed by atoms with Gasteiger partial charge in [0.1, 0.15) is 16.5 Å². The first kappa shape index (κ1) is 22.3. The molecule has 1 amide bonds. The lowest BCUT2D eigenvalue weighted by molar-refractivity contribution is -0.123. The quantitative estimate of drug-likeness (QED) is 0.233. The van der Waals surface area contributed by atoms with Gasteiger partial charge in [0, 0.05) is 0 Å². The molecule has 0 unspecified atom stereocenters. The van der Waals surface area contributed by atoms with Crippen LogP contribution in [0.5, 0.6) is 11.5 Å². The third kappa shape index (κ3) is 6.57. The van der Waals surface area contributed by atoms with Gasteiger partial charge >= 0.3 is 5.97 Å². The number of amides is 1. The Hall–Kier alpha value is -3.35. The second-order valence-corrected chi connectivity index (χ2v) is 7.25. The Kier molecular flexibility index (Phi) is 7.65. The summed E-state index contributed by atoms with van der Waals surface area (Å²) < 4.78 is 10.7. The van der Waals surface area contributed by atoms with E-state index < -0.39 is 11.9 Å². The summed E-state index contributed by atoms with van der Waals surface area (Å²) in [5.74, 6) is -0.184. The van der Waals surface area contributed by atoms with Crippen molar-refractivity contribution in [1.82, 2.24) is 5.43 Å². The van der Waals surface area contributed by atoms with Crippen LogP contribution < -0.4 is 14.9 Å². The van der Waals surface area contributed by atoms with Crippen LogP contribution >= 0.6 is 23.2 Å². The van der Waals surface area contributed by atoms with Crippen LogP contribution in [0, 0.1) is 6.92 Å². The zero-order valence-electron chi connectivity index (χ0n) is 16.5. The molecule has 3 aromatic carbocycles. The number of carbonyl (C=O) groups is 2. The maximum Gasteiger partial charge on any atom is 0.343 e. The van der Waals surface area contributed by atoms with Crippen molar-refractivity contribution < 1.29 is 19.1 Å². The van der Waals surface area contributed by atoms with E-state index >= 15 is 0 Å². The van der Waals surface area contributed by atoms with Gasteiger partial charge in [0.25, 0.3) is 5.91 Å². The Bertz CT molecular complexity index is 1110. The van der Waals surface area contributed by atoms with Crippen LogP contribution in [0.3, 0.4) is 0 Å². The molecular formula is C23H18Cl2N2O4. The molecule has 0 aliphatic heterocycles. The molecule has 0 spiro atoms. The van der Waals surface area contributed by atoms with Gasteiger partial charge in [-0.3, -0.25) is 4.79 Å². The van der Waals surface area contributed by atoms with Gasteiger partial charge in [0.05, 0.1) is 16.8 Å². The normalized spacial score (nSPS) is 10.7. The number of hydrogen-bond donors (Lipinski definition) is 1. The number of aryl methyl sites for hydroxylation is 1. The van der Waals surface area contributed by atoms with E-state index in [0.717, 1.165) is 5.56 Å². The van der Waals surface area contributed by atoms with Crippen molar-refractivity contribution in [2.24, 2.45) is 5.10 Å². The number of halogens is 2. The van der Waals surface area contributed by atoms with Crippen LogP contribution in [0.1, 0.15) is 21.5 Å². The van der Waals surface area contributed by atoms with Gasteiger partial charge in [-0.15, -0.1) is 0 Å². The van der Waals surface area contributed by atoms with E-state index in [0.29, 0.717) is 27.6 Å². The number of benzene rings is 3. The Labute approximate surface area is 189 Å². The van der Waals surface area contributed by atoms with Crippen molar-refractivity contribution in [2.45, 2.75) is 6.92 Å². The van der Waals surface area contributed by atoms with E-state index in [1.165, 1.54) is 6.21 Å². The predicted octanol–water partition coefficient (Wildman–Crippen LogP) is 5.05. The number of ether oxygens (including phenoxy) is 2. The highest BCUT2D eigenvalue weighted by molar-refractivity contribution is 6.42. The van der Waals surface area contributed by atoms with Crippen LogP contribution in [0.15, 0.2) is 71.8 Å². The monoisotopic (exact) mass is 456 g/mol. The molecule has 0 aliphatic rings. The molecule has 0 atom stereocenters. The molecule has 0 fully saturated rings. The lowest BCUT2D eigenvalue weighted by atomic mass is 10.1. The zero-order valence-corrected chi connectivity index (χ0v) is 18.0. The van der Waals surface area contributed by atoms with Crippen molar-refractivity contribution in [3.05, 3.63) is 93.5 Å². The number of nitrogens with one attached hydrogen (secondary N) is 1. The van der Waals surface area contributed by atoms with E-state index in [2.05, 4.69) is 10.5 Å². The molecular weight excluding hydrogens is 439 g/mol. The van der Waals surface area contributed by atoms with Crippen molar-refractivity contribution in [3.63, 3.8) is 0 Å². The first-order valence-corrected chi connectivity index (χ1v) is 9.95. The number of esters is 1. The smallest absolute Gasteiger partial charge is 0.343 e. The van der Waals surface area contributed by atoms with E-state index in [-0.39, 0.29) is 11.6 Å². The summed E-state index contributed by atoms with van der Waals surface area (Å²) >= 11 is 11.9. The highest BCUT2D eigenvalue weighted by Gasteiger charge is 2.09. The Morgan fingerprint density at radius 2 is 1.77 bits per heavy atom. The van der Waals surface area contributed by atoms with Gasteiger partial charge in [-0.25, -0.2) is 10.2 Å². The lowest BCUT2D eigenvalue weighted by Crippen LogP contribution is -2.24. The van der Waals surface area contributed by atoms with Gasteiger partial charge in [-0.05, 0) is 61.0 Å². The predicted molar refractivity (Wildman–Crippen MR) is 120 cm³/mol. The number of rotatable bonds is 7. The Morgan fingerprint density at radius 3 is 2.52 bits per heavy atom. The standard InChI is InChI=1S/C23H18Cl2N2O4/c1-15-4-2-5-17(12-15)23(29)31-18-10-8-16(9-11-18)13-26-27-21(28)14-30-20-7-3-6-19(24)22(20)25/h2-13H,14H2,1H3,(H,27,28). The summed E-state index contributed by atoms with van der Waals surface area (Å²) in [4.78, 5) is 24.0. The fourth-order valence-corrected chi connectivity index (χ4v) is 2.86. The average Bonchev–Trinajstić information content (AvgIpc) is 2.76. The molecule has 0 saturated carbocycles. The third-order valence-electron chi connectivity index (χ3n) is 4.02. The van der Waals surface area contributed by atoms with E-state index in [4.69, 9.17) is 32.7 Å². The van der Waals surface area contributed by atoms with E-state index in [1.807, 2.05) is 13.0 Å². The second-order valence-electron chi connectivity index (χ2n) is 6.46. The van der Waals surface area contributed by atoms with Crippen LogP contribution in [0.4, 0.5) is 0 Å². The van der Waals surface area contributed by atoms with Gasteiger partial charge in [0.2, 0.25) is 0 Å². The van der Waals surface area contributed by atoms with E-state index in [1.54, 1.807) is 60.7 Å². The summed E-state index contributed by atoms with van der Waals surface area (Å²) in [6.07, 6.45) is 1.45. The third-order valence-corrected chi connectivity index (χ3v) is 4.82. The fraction of sp³-hybridized carbons (Fsp3) is 0.0870. The van der Waals surface area contributed by atoms with Gasteiger partial charge < -0.3 is 9.47 Å². The van der Waals surface area contributed by atoms with Crippen LogP contribution in [0.25, 0.3) is 0 Å². The molecule has 31 heavy (non-hydrogen) atoms. The second kappa shape index (κ2) is 10.6. The molecule has 0 aromatic heterocycles. The van der Waals surface area contributed by atoms with Crippen molar-refractivity contribution >= 4 is 41.3 Å². The molecule has 1 N–H and O–H groups in total. The minimum Gasteiger partial charge on any atom is -0.482 e. The summed E-state index contributed by atoms with van der Waals surface area (Å²) in [6, 6.07) is 18.8. The molecule has 0 radical (unpaired) electrons. The van der Waals surface area contributed by atoms with Crippen molar-refractivity contribution in [2.75, 3.05) is 6.61 Å². The van der Waals surface area contributed by atoms with Crippen LogP contribution in [-0.4, -0.2) is 24.7 Å². The molecule has 6 nitrogen and oxygen atoms in total. The SMILES string of the molecule is Cc1cccc(C(=O)Oc2ccc(C=NNC(=O)COc3cccc(Cl)c3Cl)cc2)c1. The highest BCUT2D eigenvalue weighted by Crippen LogP contribution is 2.31. The molecule has 0 aliphatic carbocycles. The molecule has 0 bridgehead atoms. The van der Waals surface area contributed by atoms with Gasteiger partial charge in [0.15, 0.2) is 6.61 Å². The Morgan fingerprint density at radius 1 is 1.03 bits per heavy atom. The first-order chi connectivity index (χ1) is 14.9. The van der Waals surface area contributed by atoms with Crippen LogP contribution in [0.2, 0.25) is 10.0 Å². The minimum atomic E-state index is -0.462. The fourth-order valence-electron chi connectivity index (χ4n) is 2.51. The lowest BCUT2D eigenvalue weighted by Gasteiger charge is -2.07. The molecule has 8 heteroatoms. The minimum absolute atomic E-state index is 0.239. The number of hydrogen-bond acceptors (Lipinski definition) is 5. The van der Waals surface area contributed by atoms with E-state index in [9.17, 15) is 9.59 Å². The number of carbonyl (C=O) groups excluding carboxylic acids is 2. The average molecular weight is 457 g/mol. The topological polar surface area (TPSA) is 77.0 Å². The molecule has 0 heterocycles. The highest BCUT2D eigenvalue weighted by atomic mass is 35.5. The zero-order chi connectivity index (χ0) is 22.2. The van der Waals surface area contributed by atoms with Crippen molar-refractivity contribution in [1.29, 1.82) is 0 Å². The van der Waals surface area contributed by atoms with Gasteiger partial charge in [-0.2, -0.15) is 5.10 Å².